The maximum absolute atomic E-state index is 12.1. The van der Waals surface area contributed by atoms with Crippen LogP contribution in [0.2, 0.25) is 0 Å². The summed E-state index contributed by atoms with van der Waals surface area (Å²) >= 11 is 0. The molecule has 1 unspecified atom stereocenters. The summed E-state index contributed by atoms with van der Waals surface area (Å²) in [6.45, 7) is 3.80. The highest BCUT2D eigenvalue weighted by Gasteiger charge is 2.36. The first-order valence-electron chi connectivity index (χ1n) is 6.79. The van der Waals surface area contributed by atoms with Crippen molar-refractivity contribution in [1.29, 1.82) is 0 Å². The fourth-order valence-corrected chi connectivity index (χ4v) is 2.57. The number of Topliss-reactive ketones (excluding diaryl/α,β-unsaturated/α-hetero) is 1. The third-order valence-electron chi connectivity index (χ3n) is 3.83. The largest absolute Gasteiger partial charge is 0.456 e. The number of hydrogen-bond acceptors (Lipinski definition) is 3. The summed E-state index contributed by atoms with van der Waals surface area (Å²) in [6, 6.07) is 8.97. The average Bonchev–Trinajstić information content (AvgIpc) is 2.39. The molecule has 1 aromatic carbocycles. The predicted molar refractivity (Wildman–Crippen MR) is 72.9 cm³/mol. The lowest BCUT2D eigenvalue weighted by Crippen LogP contribution is -2.39. The van der Waals surface area contributed by atoms with Crippen molar-refractivity contribution in [2.75, 3.05) is 0 Å². The third kappa shape index (κ3) is 3.43. The Morgan fingerprint density at radius 3 is 2.58 bits per heavy atom. The van der Waals surface area contributed by atoms with Crippen molar-refractivity contribution in [1.82, 2.24) is 0 Å². The van der Waals surface area contributed by atoms with E-state index in [-0.39, 0.29) is 17.7 Å². The molecule has 0 spiro atoms. The molecule has 1 saturated carbocycles. The standard InChI is InChI=1S/C16H20O3/c1-16(2,13-9-6-10-14(17)11-13)19-15(18)12-7-4-3-5-8-12/h3-5,7-8,13H,6,9-11H2,1-2H3. The van der Waals surface area contributed by atoms with Crippen LogP contribution < -0.4 is 0 Å². The zero-order valence-corrected chi connectivity index (χ0v) is 11.5. The number of carbonyl (C=O) groups excluding carboxylic acids is 2. The minimum absolute atomic E-state index is 0.126. The van der Waals surface area contributed by atoms with Gasteiger partial charge in [-0.3, -0.25) is 4.79 Å². The highest BCUT2D eigenvalue weighted by molar-refractivity contribution is 5.89. The summed E-state index contributed by atoms with van der Waals surface area (Å²) in [6.07, 6.45) is 3.03. The topological polar surface area (TPSA) is 43.4 Å². The molecule has 0 radical (unpaired) electrons. The van der Waals surface area contributed by atoms with Crippen molar-refractivity contribution in [3.8, 4) is 0 Å². The second kappa shape index (κ2) is 5.55. The van der Waals surface area contributed by atoms with Gasteiger partial charge >= 0.3 is 5.97 Å². The molecule has 0 aliphatic heterocycles. The minimum atomic E-state index is -0.594. The molecule has 3 nitrogen and oxygen atoms in total. The van der Waals surface area contributed by atoms with Crippen LogP contribution in [0.1, 0.15) is 49.9 Å². The first kappa shape index (κ1) is 13.8. The lowest BCUT2D eigenvalue weighted by atomic mass is 9.78. The lowest BCUT2D eigenvalue weighted by molar-refractivity contribution is -0.125. The van der Waals surface area contributed by atoms with Crippen LogP contribution in [0.25, 0.3) is 0 Å². The Labute approximate surface area is 114 Å². The van der Waals surface area contributed by atoms with E-state index in [1.807, 2.05) is 32.0 Å². The second-order valence-electron chi connectivity index (χ2n) is 5.69. The van der Waals surface area contributed by atoms with E-state index >= 15 is 0 Å². The summed E-state index contributed by atoms with van der Waals surface area (Å²) < 4.78 is 5.62. The third-order valence-corrected chi connectivity index (χ3v) is 3.83. The van der Waals surface area contributed by atoms with E-state index in [0.717, 1.165) is 12.8 Å². The molecule has 2 rings (SSSR count). The van der Waals surface area contributed by atoms with Crippen molar-refractivity contribution in [3.05, 3.63) is 35.9 Å². The Morgan fingerprint density at radius 2 is 1.95 bits per heavy atom. The number of hydrogen-bond donors (Lipinski definition) is 0. The quantitative estimate of drug-likeness (QED) is 0.782. The number of ketones is 1. The summed E-state index contributed by atoms with van der Waals surface area (Å²) in [7, 11) is 0. The van der Waals surface area contributed by atoms with E-state index in [4.69, 9.17) is 4.74 Å². The number of benzene rings is 1. The molecule has 19 heavy (non-hydrogen) atoms. The van der Waals surface area contributed by atoms with Crippen LogP contribution in [0.15, 0.2) is 30.3 Å². The molecule has 0 heterocycles. The lowest BCUT2D eigenvalue weighted by Gasteiger charge is -2.35. The van der Waals surface area contributed by atoms with E-state index in [2.05, 4.69) is 0 Å². The minimum Gasteiger partial charge on any atom is -0.456 e. The Morgan fingerprint density at radius 1 is 1.26 bits per heavy atom. The monoisotopic (exact) mass is 260 g/mol. The number of esters is 1. The molecule has 3 heteroatoms. The van der Waals surface area contributed by atoms with Gasteiger partial charge in [0.05, 0.1) is 5.56 Å². The first-order valence-corrected chi connectivity index (χ1v) is 6.79. The molecule has 1 atom stereocenters. The summed E-state index contributed by atoms with van der Waals surface area (Å²) in [5.74, 6) is 0.0881. The van der Waals surface area contributed by atoms with Crippen LogP contribution >= 0.6 is 0 Å². The number of ether oxygens (including phenoxy) is 1. The van der Waals surface area contributed by atoms with Crippen LogP contribution in [0.3, 0.4) is 0 Å². The van der Waals surface area contributed by atoms with E-state index < -0.39 is 5.60 Å². The highest BCUT2D eigenvalue weighted by atomic mass is 16.6. The van der Waals surface area contributed by atoms with Gasteiger partial charge < -0.3 is 4.74 Å². The molecule has 0 amide bonds. The van der Waals surface area contributed by atoms with Gasteiger partial charge in [-0.2, -0.15) is 0 Å². The molecule has 1 fully saturated rings. The van der Waals surface area contributed by atoms with Gasteiger partial charge in [-0.1, -0.05) is 18.2 Å². The number of carbonyl (C=O) groups is 2. The van der Waals surface area contributed by atoms with Gasteiger partial charge in [0.15, 0.2) is 0 Å². The van der Waals surface area contributed by atoms with Gasteiger partial charge in [0.25, 0.3) is 0 Å². The SMILES string of the molecule is CC(C)(OC(=O)c1ccccc1)C1CCCC(=O)C1. The summed E-state index contributed by atoms with van der Waals surface area (Å²) in [5.41, 5.74) is -0.0408. The van der Waals surface area contributed by atoms with Crippen molar-refractivity contribution >= 4 is 11.8 Å². The zero-order valence-electron chi connectivity index (χ0n) is 11.5. The smallest absolute Gasteiger partial charge is 0.338 e. The Balaban J connectivity index is 2.04. The Bertz CT molecular complexity index is 462. The first-order chi connectivity index (χ1) is 8.99. The Kier molecular flexibility index (Phi) is 4.03. The van der Waals surface area contributed by atoms with Crippen LogP contribution in [0.4, 0.5) is 0 Å². The molecule has 0 aromatic heterocycles. The Hall–Kier alpha value is -1.64. The van der Waals surface area contributed by atoms with E-state index in [0.29, 0.717) is 18.4 Å². The second-order valence-corrected chi connectivity index (χ2v) is 5.69. The normalized spacial score (nSPS) is 20.1. The van der Waals surface area contributed by atoms with Gasteiger partial charge in [-0.15, -0.1) is 0 Å². The molecule has 1 aliphatic carbocycles. The maximum atomic E-state index is 12.1. The average molecular weight is 260 g/mol. The van der Waals surface area contributed by atoms with Crippen molar-refractivity contribution in [2.24, 2.45) is 5.92 Å². The molecule has 1 aliphatic rings. The zero-order chi connectivity index (χ0) is 13.9. The van der Waals surface area contributed by atoms with E-state index in [1.54, 1.807) is 12.1 Å². The van der Waals surface area contributed by atoms with Crippen LogP contribution in [0.5, 0.6) is 0 Å². The van der Waals surface area contributed by atoms with Gasteiger partial charge in [0.2, 0.25) is 0 Å². The van der Waals surface area contributed by atoms with Gasteiger partial charge in [-0.25, -0.2) is 4.79 Å². The highest BCUT2D eigenvalue weighted by Crippen LogP contribution is 2.33. The van der Waals surface area contributed by atoms with Crippen molar-refractivity contribution in [2.45, 2.75) is 45.1 Å². The maximum Gasteiger partial charge on any atom is 0.338 e. The summed E-state index contributed by atoms with van der Waals surface area (Å²) in [4.78, 5) is 23.6. The van der Waals surface area contributed by atoms with Gasteiger partial charge in [-0.05, 0) is 38.8 Å². The molecular weight excluding hydrogens is 240 g/mol. The predicted octanol–water partition coefficient (Wildman–Crippen LogP) is 3.38. The van der Waals surface area contributed by atoms with Gasteiger partial charge in [0.1, 0.15) is 11.4 Å². The van der Waals surface area contributed by atoms with Crippen molar-refractivity contribution < 1.29 is 14.3 Å². The van der Waals surface area contributed by atoms with E-state index in [1.165, 1.54) is 0 Å². The molecule has 0 N–H and O–H groups in total. The fraction of sp³-hybridized carbons (Fsp3) is 0.500. The van der Waals surface area contributed by atoms with Crippen molar-refractivity contribution in [3.63, 3.8) is 0 Å². The summed E-state index contributed by atoms with van der Waals surface area (Å²) in [5, 5.41) is 0. The molecular formula is C16H20O3. The van der Waals surface area contributed by atoms with Crippen LogP contribution in [-0.4, -0.2) is 17.4 Å². The molecule has 102 valence electrons. The van der Waals surface area contributed by atoms with E-state index in [9.17, 15) is 9.59 Å². The fourth-order valence-electron chi connectivity index (χ4n) is 2.57. The molecule has 0 bridgehead atoms. The van der Waals surface area contributed by atoms with Crippen LogP contribution in [0, 0.1) is 5.92 Å². The number of rotatable bonds is 3. The molecule has 1 aromatic rings. The van der Waals surface area contributed by atoms with Gasteiger partial charge in [0, 0.05) is 18.8 Å². The molecule has 0 saturated heterocycles. The van der Waals surface area contributed by atoms with Crippen LogP contribution in [-0.2, 0) is 9.53 Å².